The van der Waals surface area contributed by atoms with E-state index in [0.717, 1.165) is 0 Å². The van der Waals surface area contributed by atoms with Crippen LogP contribution >= 0.6 is 27.3 Å². The Morgan fingerprint density at radius 1 is 1.24 bits per heavy atom. The summed E-state index contributed by atoms with van der Waals surface area (Å²) in [6, 6.07) is 0. The third kappa shape index (κ3) is 3.56. The summed E-state index contributed by atoms with van der Waals surface area (Å²) >= 11 is 2.74. The van der Waals surface area contributed by atoms with Crippen LogP contribution in [0.15, 0.2) is 3.79 Å². The molecule has 1 aromatic heterocycles. The number of aromatic nitrogens is 1. The number of hydrogen-bond donors (Lipinski definition) is 1. The van der Waals surface area contributed by atoms with Gasteiger partial charge in [0.05, 0.1) is 0 Å². The monoisotopic (exact) mass is 342 g/mol. The SMILES string of the molecule is O=C(Nc1nc(C(F)(F)F)c(Br)s1)C(F)(F)F. The molecule has 0 bridgehead atoms. The van der Waals surface area contributed by atoms with E-state index >= 15 is 0 Å². The third-order valence-electron chi connectivity index (χ3n) is 1.33. The molecule has 0 aliphatic heterocycles. The maximum atomic E-state index is 12.2. The minimum atomic E-state index is -5.18. The Hall–Kier alpha value is -0.840. The lowest BCUT2D eigenvalue weighted by molar-refractivity contribution is -0.167. The van der Waals surface area contributed by atoms with E-state index in [1.807, 2.05) is 0 Å². The average molecular weight is 343 g/mol. The number of hydrogen-bond acceptors (Lipinski definition) is 3. The Kier molecular flexibility index (Phi) is 3.72. The summed E-state index contributed by atoms with van der Waals surface area (Å²) in [5.41, 5.74) is -1.39. The molecule has 1 N–H and O–H groups in total. The van der Waals surface area contributed by atoms with Crippen molar-refractivity contribution in [3.63, 3.8) is 0 Å². The van der Waals surface area contributed by atoms with Crippen LogP contribution in [-0.2, 0) is 11.0 Å². The molecule has 17 heavy (non-hydrogen) atoms. The van der Waals surface area contributed by atoms with Gasteiger partial charge in [-0.25, -0.2) is 4.98 Å². The van der Waals surface area contributed by atoms with Crippen LogP contribution in [0, 0.1) is 0 Å². The number of nitrogens with zero attached hydrogens (tertiary/aromatic N) is 1. The molecular formula is C6HBrF6N2OS. The smallest absolute Gasteiger partial charge is 0.294 e. The zero-order valence-corrected chi connectivity index (χ0v) is 9.81. The van der Waals surface area contributed by atoms with Crippen molar-refractivity contribution in [3.8, 4) is 0 Å². The molecule has 11 heteroatoms. The van der Waals surface area contributed by atoms with Gasteiger partial charge in [0.15, 0.2) is 10.8 Å². The molecular weight excluding hydrogens is 342 g/mol. The number of halogens is 7. The van der Waals surface area contributed by atoms with E-state index in [2.05, 4.69) is 20.9 Å². The molecule has 0 aliphatic rings. The first-order valence-electron chi connectivity index (χ1n) is 3.63. The molecule has 1 heterocycles. The van der Waals surface area contributed by atoms with E-state index in [1.165, 1.54) is 5.32 Å². The van der Waals surface area contributed by atoms with Crippen LogP contribution in [0.5, 0.6) is 0 Å². The summed E-state index contributed by atoms with van der Waals surface area (Å²) < 4.78 is 71.5. The third-order valence-corrected chi connectivity index (χ3v) is 2.95. The number of carbonyl (C=O) groups excluding carboxylic acids is 1. The molecule has 0 aromatic carbocycles. The number of anilines is 1. The Balaban J connectivity index is 2.93. The van der Waals surface area contributed by atoms with Crippen LogP contribution in [-0.4, -0.2) is 17.1 Å². The van der Waals surface area contributed by atoms with E-state index < -0.39 is 32.9 Å². The molecule has 0 aliphatic carbocycles. The van der Waals surface area contributed by atoms with Gasteiger partial charge in [0, 0.05) is 0 Å². The molecule has 3 nitrogen and oxygen atoms in total. The summed E-state index contributed by atoms with van der Waals surface area (Å²) in [6.45, 7) is 0. The van der Waals surface area contributed by atoms with E-state index in [-0.39, 0.29) is 11.3 Å². The van der Waals surface area contributed by atoms with Crippen molar-refractivity contribution >= 4 is 38.3 Å². The second-order valence-electron chi connectivity index (χ2n) is 2.59. The minimum absolute atomic E-state index is 0.239. The second kappa shape index (κ2) is 4.44. The summed E-state index contributed by atoms with van der Waals surface area (Å²) in [6.07, 6.45) is -9.99. The molecule has 1 aromatic rings. The molecule has 0 unspecified atom stereocenters. The van der Waals surface area contributed by atoms with Gasteiger partial charge in [-0.05, 0) is 15.9 Å². The Morgan fingerprint density at radius 2 is 1.76 bits per heavy atom. The largest absolute Gasteiger partial charge is 0.471 e. The minimum Gasteiger partial charge on any atom is -0.294 e. The van der Waals surface area contributed by atoms with Crippen LogP contribution in [0.4, 0.5) is 31.5 Å². The molecule has 0 saturated heterocycles. The van der Waals surface area contributed by atoms with E-state index in [0.29, 0.717) is 0 Å². The van der Waals surface area contributed by atoms with Gasteiger partial charge in [-0.1, -0.05) is 11.3 Å². The lowest BCUT2D eigenvalue weighted by atomic mass is 10.5. The van der Waals surface area contributed by atoms with E-state index in [9.17, 15) is 31.1 Å². The van der Waals surface area contributed by atoms with Crippen molar-refractivity contribution in [2.24, 2.45) is 0 Å². The van der Waals surface area contributed by atoms with Gasteiger partial charge in [0.1, 0.15) is 3.79 Å². The quantitative estimate of drug-likeness (QED) is 0.794. The number of rotatable bonds is 1. The molecule has 0 spiro atoms. The molecule has 0 saturated carbocycles. The van der Waals surface area contributed by atoms with Gasteiger partial charge >= 0.3 is 18.3 Å². The lowest BCUT2D eigenvalue weighted by Gasteiger charge is -2.04. The van der Waals surface area contributed by atoms with Gasteiger partial charge in [-0.15, -0.1) is 0 Å². The predicted molar refractivity (Wildman–Crippen MR) is 49.5 cm³/mol. The second-order valence-corrected chi connectivity index (χ2v) is 4.91. The standard InChI is InChI=1S/C6HBrF6N2OS/c7-2-1(5(8,9)10)14-4(17-2)15-3(16)6(11,12)13/h(H,14,15,16). The highest BCUT2D eigenvalue weighted by Gasteiger charge is 2.41. The number of thiazole rings is 1. The normalized spacial score (nSPS) is 12.6. The maximum Gasteiger partial charge on any atom is 0.471 e. The molecule has 96 valence electrons. The number of amides is 1. The molecule has 1 amide bonds. The molecule has 0 radical (unpaired) electrons. The highest BCUT2D eigenvalue weighted by atomic mass is 79.9. The Morgan fingerprint density at radius 3 is 2.12 bits per heavy atom. The Bertz CT molecular complexity index is 439. The molecule has 0 fully saturated rings. The Labute approximate surface area is 102 Å². The maximum absolute atomic E-state index is 12.2. The fourth-order valence-electron chi connectivity index (χ4n) is 0.698. The van der Waals surface area contributed by atoms with E-state index in [4.69, 9.17) is 0 Å². The van der Waals surface area contributed by atoms with Gasteiger partial charge in [-0.2, -0.15) is 26.3 Å². The van der Waals surface area contributed by atoms with Gasteiger partial charge < -0.3 is 0 Å². The molecule has 1 rings (SSSR count). The fourth-order valence-corrected chi connectivity index (χ4v) is 2.18. The van der Waals surface area contributed by atoms with Crippen LogP contribution in [0.1, 0.15) is 5.69 Å². The lowest BCUT2D eigenvalue weighted by Crippen LogP contribution is -2.29. The summed E-state index contributed by atoms with van der Waals surface area (Å²) in [7, 11) is 0. The van der Waals surface area contributed by atoms with Crippen LogP contribution < -0.4 is 5.32 Å². The van der Waals surface area contributed by atoms with E-state index in [1.54, 1.807) is 0 Å². The topological polar surface area (TPSA) is 42.0 Å². The first kappa shape index (κ1) is 14.2. The van der Waals surface area contributed by atoms with Crippen molar-refractivity contribution in [1.29, 1.82) is 0 Å². The van der Waals surface area contributed by atoms with Gasteiger partial charge in [-0.3, -0.25) is 10.1 Å². The zero-order valence-electron chi connectivity index (χ0n) is 7.41. The van der Waals surface area contributed by atoms with Crippen molar-refractivity contribution in [3.05, 3.63) is 9.48 Å². The highest BCUT2D eigenvalue weighted by molar-refractivity contribution is 9.11. The number of alkyl halides is 6. The van der Waals surface area contributed by atoms with Crippen LogP contribution in [0.3, 0.4) is 0 Å². The van der Waals surface area contributed by atoms with Crippen molar-refractivity contribution in [2.45, 2.75) is 12.4 Å². The number of nitrogens with one attached hydrogen (secondary N) is 1. The average Bonchev–Trinajstić information content (AvgIpc) is 2.44. The summed E-state index contributed by atoms with van der Waals surface area (Å²) in [5, 5.41) is 0.443. The fraction of sp³-hybridized carbons (Fsp3) is 0.333. The van der Waals surface area contributed by atoms with Crippen LogP contribution in [0.25, 0.3) is 0 Å². The summed E-state index contributed by atoms with van der Waals surface area (Å²) in [4.78, 5) is 13.3. The first-order valence-corrected chi connectivity index (χ1v) is 5.24. The number of carbonyl (C=O) groups is 1. The first-order chi connectivity index (χ1) is 7.51. The van der Waals surface area contributed by atoms with Crippen molar-refractivity contribution in [1.82, 2.24) is 4.98 Å². The van der Waals surface area contributed by atoms with Crippen LogP contribution in [0.2, 0.25) is 0 Å². The highest BCUT2D eigenvalue weighted by Crippen LogP contribution is 2.39. The van der Waals surface area contributed by atoms with Gasteiger partial charge in [0.2, 0.25) is 0 Å². The predicted octanol–water partition coefficient (Wildman–Crippen LogP) is 3.43. The zero-order chi connectivity index (χ0) is 13.4. The van der Waals surface area contributed by atoms with Crippen molar-refractivity contribution < 1.29 is 31.1 Å². The van der Waals surface area contributed by atoms with Gasteiger partial charge in [0.25, 0.3) is 0 Å². The summed E-state index contributed by atoms with van der Waals surface area (Å²) in [5.74, 6) is -2.38. The molecule has 0 atom stereocenters. The van der Waals surface area contributed by atoms with Crippen molar-refractivity contribution in [2.75, 3.05) is 5.32 Å².